The first-order valence-electron chi connectivity index (χ1n) is 5.69. The van der Waals surface area contributed by atoms with Crippen molar-refractivity contribution in [3.05, 3.63) is 0 Å². The summed E-state index contributed by atoms with van der Waals surface area (Å²) in [6.45, 7) is 4.79. The van der Waals surface area contributed by atoms with E-state index in [9.17, 15) is 4.79 Å². The van der Waals surface area contributed by atoms with E-state index in [1.807, 2.05) is 6.92 Å². The Bertz CT molecular complexity index is 165. The number of piperidine rings is 1. The second-order valence-electron chi connectivity index (χ2n) is 3.97. The normalized spacial score (nSPS) is 21.9. The third-order valence-corrected chi connectivity index (χ3v) is 2.62. The molecule has 1 fully saturated rings. The van der Waals surface area contributed by atoms with Gasteiger partial charge in [-0.2, -0.15) is 0 Å². The fourth-order valence-electron chi connectivity index (χ4n) is 1.78. The van der Waals surface area contributed by atoms with Crippen molar-refractivity contribution in [3.63, 3.8) is 0 Å². The molecule has 3 nitrogen and oxygen atoms in total. The van der Waals surface area contributed by atoms with Gasteiger partial charge in [0.05, 0.1) is 6.61 Å². The number of nitrogens with one attached hydrogen (secondary N) is 1. The molecule has 1 aliphatic rings. The Morgan fingerprint density at radius 3 is 3.07 bits per heavy atom. The van der Waals surface area contributed by atoms with Gasteiger partial charge in [0.1, 0.15) is 0 Å². The molecule has 1 rings (SSSR count). The van der Waals surface area contributed by atoms with Crippen molar-refractivity contribution >= 4 is 5.97 Å². The lowest BCUT2D eigenvalue weighted by Gasteiger charge is -2.22. The van der Waals surface area contributed by atoms with E-state index < -0.39 is 0 Å². The number of ether oxygens (including phenoxy) is 1. The van der Waals surface area contributed by atoms with E-state index in [-0.39, 0.29) is 5.97 Å². The van der Waals surface area contributed by atoms with Gasteiger partial charge in [-0.25, -0.2) is 0 Å². The lowest BCUT2D eigenvalue weighted by molar-refractivity contribution is -0.144. The Hall–Kier alpha value is -0.570. The van der Waals surface area contributed by atoms with Gasteiger partial charge in [0, 0.05) is 6.42 Å². The first kappa shape index (κ1) is 11.5. The zero-order valence-electron chi connectivity index (χ0n) is 9.05. The molecular weight excluding hydrogens is 178 g/mol. The molecule has 0 bridgehead atoms. The minimum atomic E-state index is -0.0302. The van der Waals surface area contributed by atoms with Gasteiger partial charge >= 0.3 is 5.97 Å². The molecule has 82 valence electrons. The quantitative estimate of drug-likeness (QED) is 0.685. The lowest BCUT2D eigenvalue weighted by atomic mass is 9.95. The first-order chi connectivity index (χ1) is 6.83. The second-order valence-corrected chi connectivity index (χ2v) is 3.97. The molecule has 1 heterocycles. The number of esters is 1. The summed E-state index contributed by atoms with van der Waals surface area (Å²) in [7, 11) is 0. The predicted molar refractivity (Wildman–Crippen MR) is 56.1 cm³/mol. The van der Waals surface area contributed by atoms with Crippen molar-refractivity contribution in [2.24, 2.45) is 5.92 Å². The molecule has 1 saturated heterocycles. The van der Waals surface area contributed by atoms with Gasteiger partial charge in [-0.05, 0) is 44.7 Å². The van der Waals surface area contributed by atoms with E-state index in [2.05, 4.69) is 5.32 Å². The Morgan fingerprint density at radius 2 is 2.43 bits per heavy atom. The van der Waals surface area contributed by atoms with Gasteiger partial charge in [-0.15, -0.1) is 0 Å². The molecule has 0 aromatic heterocycles. The number of carbonyl (C=O) groups excluding carboxylic acids is 1. The molecule has 3 heteroatoms. The van der Waals surface area contributed by atoms with Crippen LogP contribution >= 0.6 is 0 Å². The van der Waals surface area contributed by atoms with Crippen LogP contribution in [0.4, 0.5) is 0 Å². The van der Waals surface area contributed by atoms with Crippen LogP contribution in [0.2, 0.25) is 0 Å². The van der Waals surface area contributed by atoms with E-state index in [1.165, 1.54) is 12.8 Å². The minimum absolute atomic E-state index is 0.0302. The van der Waals surface area contributed by atoms with E-state index in [1.54, 1.807) is 0 Å². The van der Waals surface area contributed by atoms with E-state index in [0.29, 0.717) is 18.9 Å². The van der Waals surface area contributed by atoms with Crippen molar-refractivity contribution < 1.29 is 9.53 Å². The zero-order valence-corrected chi connectivity index (χ0v) is 9.05. The molecule has 1 aliphatic heterocycles. The molecule has 1 unspecified atom stereocenters. The molecule has 1 N–H and O–H groups in total. The standard InChI is InChI=1S/C11H21NO2/c1-2-8-14-11(13)6-5-10-4-3-7-12-9-10/h10,12H,2-9H2,1H3. The average molecular weight is 199 g/mol. The molecule has 0 aromatic rings. The number of carbonyl (C=O) groups is 1. The number of rotatable bonds is 5. The maximum absolute atomic E-state index is 11.2. The van der Waals surface area contributed by atoms with Crippen LogP contribution in [0.5, 0.6) is 0 Å². The molecule has 0 amide bonds. The highest BCUT2D eigenvalue weighted by Gasteiger charge is 2.14. The topological polar surface area (TPSA) is 38.3 Å². The summed E-state index contributed by atoms with van der Waals surface area (Å²) in [6, 6.07) is 0. The maximum atomic E-state index is 11.2. The van der Waals surface area contributed by atoms with Crippen molar-refractivity contribution in [2.75, 3.05) is 19.7 Å². The SMILES string of the molecule is CCCOC(=O)CCC1CCCNC1. The summed E-state index contributed by atoms with van der Waals surface area (Å²) >= 11 is 0. The monoisotopic (exact) mass is 199 g/mol. The largest absolute Gasteiger partial charge is 0.466 e. The van der Waals surface area contributed by atoms with Crippen LogP contribution in [0, 0.1) is 5.92 Å². The summed E-state index contributed by atoms with van der Waals surface area (Å²) in [6.07, 6.45) is 4.99. The number of hydrogen-bond acceptors (Lipinski definition) is 3. The lowest BCUT2D eigenvalue weighted by Crippen LogP contribution is -2.30. The molecule has 0 radical (unpaired) electrons. The third-order valence-electron chi connectivity index (χ3n) is 2.62. The zero-order chi connectivity index (χ0) is 10.2. The molecule has 0 aromatic carbocycles. The third kappa shape index (κ3) is 4.61. The van der Waals surface area contributed by atoms with Gasteiger partial charge in [0.2, 0.25) is 0 Å². The number of hydrogen-bond donors (Lipinski definition) is 1. The summed E-state index contributed by atoms with van der Waals surface area (Å²) in [4.78, 5) is 11.2. The molecule has 0 aliphatic carbocycles. The average Bonchev–Trinajstić information content (AvgIpc) is 2.25. The van der Waals surface area contributed by atoms with Crippen molar-refractivity contribution in [2.45, 2.75) is 39.0 Å². The molecule has 14 heavy (non-hydrogen) atoms. The Balaban J connectivity index is 2.03. The Morgan fingerprint density at radius 1 is 1.57 bits per heavy atom. The summed E-state index contributed by atoms with van der Waals surface area (Å²) in [5, 5.41) is 3.35. The summed E-state index contributed by atoms with van der Waals surface area (Å²) < 4.78 is 5.02. The van der Waals surface area contributed by atoms with Gasteiger partial charge in [0.25, 0.3) is 0 Å². The predicted octanol–water partition coefficient (Wildman–Crippen LogP) is 1.72. The molecular formula is C11H21NO2. The van der Waals surface area contributed by atoms with Crippen molar-refractivity contribution in [1.29, 1.82) is 0 Å². The minimum Gasteiger partial charge on any atom is -0.466 e. The highest BCUT2D eigenvalue weighted by Crippen LogP contribution is 2.15. The van der Waals surface area contributed by atoms with Gasteiger partial charge in [-0.3, -0.25) is 4.79 Å². The van der Waals surface area contributed by atoms with Crippen LogP contribution in [0.3, 0.4) is 0 Å². The van der Waals surface area contributed by atoms with Gasteiger partial charge in [-0.1, -0.05) is 6.92 Å². The maximum Gasteiger partial charge on any atom is 0.305 e. The van der Waals surface area contributed by atoms with Gasteiger partial charge < -0.3 is 10.1 Å². The van der Waals surface area contributed by atoms with Crippen LogP contribution in [0.15, 0.2) is 0 Å². The van der Waals surface area contributed by atoms with Crippen LogP contribution in [0.1, 0.15) is 39.0 Å². The van der Waals surface area contributed by atoms with Crippen LogP contribution in [-0.2, 0) is 9.53 Å². The highest BCUT2D eigenvalue weighted by molar-refractivity contribution is 5.69. The summed E-state index contributed by atoms with van der Waals surface area (Å²) in [5.74, 6) is 0.648. The first-order valence-corrected chi connectivity index (χ1v) is 5.69. The van der Waals surface area contributed by atoms with Gasteiger partial charge in [0.15, 0.2) is 0 Å². The summed E-state index contributed by atoms with van der Waals surface area (Å²) in [5.41, 5.74) is 0. The van der Waals surface area contributed by atoms with Crippen LogP contribution < -0.4 is 5.32 Å². The van der Waals surface area contributed by atoms with Crippen molar-refractivity contribution in [3.8, 4) is 0 Å². The molecule has 0 saturated carbocycles. The molecule has 0 spiro atoms. The second kappa shape index (κ2) is 6.82. The highest BCUT2D eigenvalue weighted by atomic mass is 16.5. The fourth-order valence-corrected chi connectivity index (χ4v) is 1.78. The molecule has 1 atom stereocenters. The van der Waals surface area contributed by atoms with E-state index in [0.717, 1.165) is 25.9 Å². The Kier molecular flexibility index (Phi) is 5.60. The Labute approximate surface area is 86.2 Å². The fraction of sp³-hybridized carbons (Fsp3) is 0.909. The van der Waals surface area contributed by atoms with E-state index in [4.69, 9.17) is 4.74 Å². The smallest absolute Gasteiger partial charge is 0.305 e. The van der Waals surface area contributed by atoms with Crippen LogP contribution in [-0.4, -0.2) is 25.7 Å². The van der Waals surface area contributed by atoms with E-state index >= 15 is 0 Å². The van der Waals surface area contributed by atoms with Crippen molar-refractivity contribution in [1.82, 2.24) is 5.32 Å². The van der Waals surface area contributed by atoms with Crippen LogP contribution in [0.25, 0.3) is 0 Å².